The van der Waals surface area contributed by atoms with Crippen LogP contribution in [0.5, 0.6) is 0 Å². The highest BCUT2D eigenvalue weighted by atomic mass is 32.1. The van der Waals surface area contributed by atoms with Crippen LogP contribution in [0.2, 0.25) is 0 Å². The van der Waals surface area contributed by atoms with E-state index in [4.69, 9.17) is 0 Å². The largest absolute Gasteiger partial charge is 0.293 e. The molecule has 0 atom stereocenters. The quantitative estimate of drug-likeness (QED) is 0.594. The molecule has 0 saturated heterocycles. The number of thiophene rings is 1. The molecule has 0 fully saturated rings. The molecule has 2 aromatic rings. The molecule has 16 heavy (non-hydrogen) atoms. The standard InChI is InChI=1S/C9H6N2O4S/c1-5-4-16-9-7(5)2-6(10(12)13)3-8(9)11(14)15/h2-4H,1H3. The van der Waals surface area contributed by atoms with Crippen LogP contribution in [0.4, 0.5) is 11.4 Å². The van der Waals surface area contributed by atoms with Crippen molar-refractivity contribution in [3.05, 3.63) is 43.3 Å². The Morgan fingerprint density at radius 3 is 2.44 bits per heavy atom. The molecule has 1 aromatic carbocycles. The Morgan fingerprint density at radius 1 is 1.19 bits per heavy atom. The molecule has 82 valence electrons. The second kappa shape index (κ2) is 3.53. The Kier molecular flexibility index (Phi) is 2.31. The molecule has 0 saturated carbocycles. The topological polar surface area (TPSA) is 86.3 Å². The van der Waals surface area contributed by atoms with Gasteiger partial charge in [0.2, 0.25) is 0 Å². The first-order chi connectivity index (χ1) is 7.50. The van der Waals surface area contributed by atoms with Gasteiger partial charge in [-0.1, -0.05) is 0 Å². The van der Waals surface area contributed by atoms with Crippen LogP contribution in [-0.2, 0) is 0 Å². The molecule has 0 unspecified atom stereocenters. The number of nitrogens with zero attached hydrogens (tertiary/aromatic N) is 2. The van der Waals surface area contributed by atoms with Crippen LogP contribution in [0, 0.1) is 27.2 Å². The van der Waals surface area contributed by atoms with Crippen molar-refractivity contribution >= 4 is 32.8 Å². The SMILES string of the molecule is Cc1csc2c([N+](=O)[O-])cc([N+](=O)[O-])cc12. The van der Waals surface area contributed by atoms with Crippen LogP contribution in [0.3, 0.4) is 0 Å². The molecule has 7 heteroatoms. The Balaban J connectivity index is 2.86. The fourth-order valence-corrected chi connectivity index (χ4v) is 2.49. The first-order valence-electron chi connectivity index (χ1n) is 4.31. The summed E-state index contributed by atoms with van der Waals surface area (Å²) < 4.78 is 0.480. The molecule has 1 heterocycles. The summed E-state index contributed by atoms with van der Waals surface area (Å²) in [7, 11) is 0. The van der Waals surface area contributed by atoms with Crippen molar-refractivity contribution in [1.29, 1.82) is 0 Å². The highest BCUT2D eigenvalue weighted by Crippen LogP contribution is 2.36. The van der Waals surface area contributed by atoms with Crippen LogP contribution < -0.4 is 0 Å². The Morgan fingerprint density at radius 2 is 1.88 bits per heavy atom. The summed E-state index contributed by atoms with van der Waals surface area (Å²) in [4.78, 5) is 20.2. The van der Waals surface area contributed by atoms with E-state index in [1.54, 1.807) is 12.3 Å². The zero-order valence-corrected chi connectivity index (χ0v) is 8.98. The lowest BCUT2D eigenvalue weighted by Crippen LogP contribution is -1.92. The third-order valence-corrected chi connectivity index (χ3v) is 3.38. The number of rotatable bonds is 2. The molecule has 0 radical (unpaired) electrons. The van der Waals surface area contributed by atoms with Crippen molar-refractivity contribution in [2.24, 2.45) is 0 Å². The van der Waals surface area contributed by atoms with Gasteiger partial charge in [-0.15, -0.1) is 11.3 Å². The fourth-order valence-electron chi connectivity index (χ4n) is 1.47. The summed E-state index contributed by atoms with van der Waals surface area (Å²) in [6, 6.07) is 2.37. The van der Waals surface area contributed by atoms with E-state index in [-0.39, 0.29) is 11.4 Å². The van der Waals surface area contributed by atoms with Gasteiger partial charge in [-0.3, -0.25) is 20.2 Å². The van der Waals surface area contributed by atoms with E-state index in [1.807, 2.05) is 0 Å². The van der Waals surface area contributed by atoms with Gasteiger partial charge >= 0.3 is 0 Å². The Labute approximate surface area is 93.4 Å². The second-order valence-electron chi connectivity index (χ2n) is 3.27. The minimum absolute atomic E-state index is 0.206. The molecule has 2 rings (SSSR count). The zero-order chi connectivity index (χ0) is 11.9. The summed E-state index contributed by atoms with van der Waals surface area (Å²) in [6.07, 6.45) is 0. The number of nitro benzene ring substituents is 2. The molecule has 6 nitrogen and oxygen atoms in total. The van der Waals surface area contributed by atoms with Crippen LogP contribution >= 0.6 is 11.3 Å². The lowest BCUT2D eigenvalue weighted by molar-refractivity contribution is -0.392. The summed E-state index contributed by atoms with van der Waals surface area (Å²) in [5.74, 6) is 0. The van der Waals surface area contributed by atoms with Gasteiger partial charge in [0.1, 0.15) is 4.70 Å². The summed E-state index contributed by atoms with van der Waals surface area (Å²) >= 11 is 1.23. The van der Waals surface area contributed by atoms with Gasteiger partial charge in [0.05, 0.1) is 15.9 Å². The second-order valence-corrected chi connectivity index (χ2v) is 4.15. The van der Waals surface area contributed by atoms with Gasteiger partial charge in [0.15, 0.2) is 0 Å². The first kappa shape index (κ1) is 10.5. The summed E-state index contributed by atoms with van der Waals surface area (Å²) in [5, 5.41) is 23.8. The third-order valence-electron chi connectivity index (χ3n) is 2.24. The smallest absolute Gasteiger partial charge is 0.258 e. The zero-order valence-electron chi connectivity index (χ0n) is 8.17. The number of benzene rings is 1. The van der Waals surface area contributed by atoms with Crippen molar-refractivity contribution in [2.45, 2.75) is 6.92 Å². The third kappa shape index (κ3) is 1.50. The molecule has 0 amide bonds. The van der Waals surface area contributed by atoms with E-state index in [1.165, 1.54) is 17.4 Å². The maximum atomic E-state index is 10.8. The predicted molar refractivity (Wildman–Crippen MR) is 59.9 cm³/mol. The summed E-state index contributed by atoms with van der Waals surface area (Å²) in [6.45, 7) is 1.77. The minimum Gasteiger partial charge on any atom is -0.258 e. The van der Waals surface area contributed by atoms with Crippen LogP contribution in [0.1, 0.15) is 5.56 Å². The highest BCUT2D eigenvalue weighted by molar-refractivity contribution is 7.18. The van der Waals surface area contributed by atoms with Gasteiger partial charge in [-0.05, 0) is 17.9 Å². The number of non-ortho nitro benzene ring substituents is 2. The van der Waals surface area contributed by atoms with Crippen molar-refractivity contribution in [3.63, 3.8) is 0 Å². The molecule has 0 aliphatic heterocycles. The van der Waals surface area contributed by atoms with Gasteiger partial charge in [-0.2, -0.15) is 0 Å². The lowest BCUT2D eigenvalue weighted by Gasteiger charge is -1.96. The normalized spacial score (nSPS) is 10.6. The maximum Gasteiger partial charge on any atom is 0.293 e. The van der Waals surface area contributed by atoms with Crippen LogP contribution in [0.15, 0.2) is 17.5 Å². The Hall–Kier alpha value is -2.02. The van der Waals surface area contributed by atoms with E-state index in [2.05, 4.69) is 0 Å². The monoisotopic (exact) mass is 238 g/mol. The van der Waals surface area contributed by atoms with Crippen molar-refractivity contribution in [2.75, 3.05) is 0 Å². The Bertz CT molecular complexity index is 605. The predicted octanol–water partition coefficient (Wildman–Crippen LogP) is 3.03. The maximum absolute atomic E-state index is 10.8. The fraction of sp³-hybridized carbons (Fsp3) is 0.111. The number of hydrogen-bond donors (Lipinski definition) is 0. The minimum atomic E-state index is -0.621. The van der Waals surface area contributed by atoms with Crippen molar-refractivity contribution < 1.29 is 9.85 Å². The van der Waals surface area contributed by atoms with E-state index >= 15 is 0 Å². The molecule has 0 bridgehead atoms. The summed E-state index contributed by atoms with van der Waals surface area (Å²) in [5.41, 5.74) is 0.356. The molecular formula is C9H6N2O4S. The average Bonchev–Trinajstić information content (AvgIpc) is 2.59. The van der Waals surface area contributed by atoms with Crippen LogP contribution in [0.25, 0.3) is 10.1 Å². The van der Waals surface area contributed by atoms with E-state index in [0.717, 1.165) is 11.6 Å². The first-order valence-corrected chi connectivity index (χ1v) is 5.19. The molecule has 1 aromatic heterocycles. The average molecular weight is 238 g/mol. The van der Waals surface area contributed by atoms with Gasteiger partial charge < -0.3 is 0 Å². The number of hydrogen-bond acceptors (Lipinski definition) is 5. The van der Waals surface area contributed by atoms with Gasteiger partial charge in [-0.25, -0.2) is 0 Å². The number of nitro groups is 2. The molecule has 0 aliphatic carbocycles. The van der Waals surface area contributed by atoms with Crippen molar-refractivity contribution in [3.8, 4) is 0 Å². The van der Waals surface area contributed by atoms with Crippen molar-refractivity contribution in [1.82, 2.24) is 0 Å². The molecule has 0 aliphatic rings. The van der Waals surface area contributed by atoms with Gasteiger partial charge in [0.25, 0.3) is 11.4 Å². The number of aryl methyl sites for hydroxylation is 1. The van der Waals surface area contributed by atoms with E-state index in [0.29, 0.717) is 10.1 Å². The van der Waals surface area contributed by atoms with E-state index < -0.39 is 9.85 Å². The van der Waals surface area contributed by atoms with Gasteiger partial charge in [0, 0.05) is 11.5 Å². The van der Waals surface area contributed by atoms with Crippen LogP contribution in [-0.4, -0.2) is 9.85 Å². The van der Waals surface area contributed by atoms with E-state index in [9.17, 15) is 20.2 Å². The lowest BCUT2D eigenvalue weighted by atomic mass is 10.1. The molecular weight excluding hydrogens is 232 g/mol. The molecule has 0 spiro atoms. The number of fused-ring (bicyclic) bond motifs is 1. The molecule has 0 N–H and O–H groups in total. The highest BCUT2D eigenvalue weighted by Gasteiger charge is 2.21.